The molecule has 0 aliphatic carbocycles. The number of rotatable bonds is 7. The number of non-ortho nitro benzene ring substituents is 1. The maximum absolute atomic E-state index is 12.7. The summed E-state index contributed by atoms with van der Waals surface area (Å²) in [6.07, 6.45) is 1.77. The molecule has 1 N–H and O–H groups in total. The van der Waals surface area contributed by atoms with Crippen LogP contribution in [0.1, 0.15) is 0 Å². The Balaban J connectivity index is 1.49. The zero-order valence-corrected chi connectivity index (χ0v) is 15.7. The van der Waals surface area contributed by atoms with E-state index in [1.54, 1.807) is 10.7 Å². The van der Waals surface area contributed by atoms with Gasteiger partial charge >= 0.3 is 0 Å². The second-order valence-electron chi connectivity index (χ2n) is 6.55. The summed E-state index contributed by atoms with van der Waals surface area (Å²) in [4.78, 5) is 27.4. The Morgan fingerprint density at radius 3 is 2.73 bits per heavy atom. The number of benzene rings is 2. The number of hydrogen-bond donors (Lipinski definition) is 1. The number of para-hydroxylation sites is 1. The van der Waals surface area contributed by atoms with E-state index in [1.807, 2.05) is 30.3 Å². The Morgan fingerprint density at radius 2 is 1.97 bits per heavy atom. The normalized spacial score (nSPS) is 12.0. The molecule has 10 nitrogen and oxygen atoms in total. The summed E-state index contributed by atoms with van der Waals surface area (Å²) in [6.45, 7) is -0.192. The molecule has 0 fully saturated rings. The molecule has 2 aromatic heterocycles. The van der Waals surface area contributed by atoms with Crippen molar-refractivity contribution in [2.24, 2.45) is 0 Å². The lowest BCUT2D eigenvalue weighted by Gasteiger charge is -2.13. The minimum atomic E-state index is -1.02. The van der Waals surface area contributed by atoms with E-state index in [0.29, 0.717) is 11.0 Å². The van der Waals surface area contributed by atoms with Crippen molar-refractivity contribution in [3.05, 3.63) is 87.6 Å². The first kappa shape index (κ1) is 19.3. The molecule has 0 radical (unpaired) electrons. The number of nitro groups is 1. The molecule has 4 rings (SSSR count). The maximum atomic E-state index is 12.7. The summed E-state index contributed by atoms with van der Waals surface area (Å²) in [5, 5.41) is 25.6. The van der Waals surface area contributed by atoms with Gasteiger partial charge in [-0.1, -0.05) is 24.3 Å². The Hall–Kier alpha value is -4.05. The van der Waals surface area contributed by atoms with E-state index in [0.717, 1.165) is 5.69 Å². The number of nitrogens with zero attached hydrogens (tertiary/aromatic N) is 5. The summed E-state index contributed by atoms with van der Waals surface area (Å²) in [6, 6.07) is 15.0. The summed E-state index contributed by atoms with van der Waals surface area (Å²) in [5.41, 5.74) is 0.757. The maximum Gasteiger partial charge on any atom is 0.273 e. The smallest absolute Gasteiger partial charge is 0.273 e. The predicted octanol–water partition coefficient (Wildman–Crippen LogP) is 1.93. The molecule has 2 heterocycles. The van der Waals surface area contributed by atoms with Crippen molar-refractivity contribution in [2.45, 2.75) is 12.6 Å². The average Bonchev–Trinajstić information content (AvgIpc) is 3.20. The summed E-state index contributed by atoms with van der Waals surface area (Å²) in [7, 11) is 0. The summed E-state index contributed by atoms with van der Waals surface area (Å²) < 4.78 is 8.26. The topological polar surface area (TPSA) is 125 Å². The molecule has 0 bridgehead atoms. The van der Waals surface area contributed by atoms with E-state index in [-0.39, 0.29) is 30.1 Å². The molecule has 0 aliphatic heterocycles. The van der Waals surface area contributed by atoms with Gasteiger partial charge in [-0.3, -0.25) is 19.5 Å². The van der Waals surface area contributed by atoms with Crippen molar-refractivity contribution in [1.29, 1.82) is 0 Å². The average molecular weight is 407 g/mol. The second kappa shape index (κ2) is 8.13. The van der Waals surface area contributed by atoms with Gasteiger partial charge in [0.25, 0.3) is 11.2 Å². The van der Waals surface area contributed by atoms with Gasteiger partial charge in [0.05, 0.1) is 29.4 Å². The monoisotopic (exact) mass is 407 g/mol. The number of aromatic nitrogens is 4. The Bertz CT molecular complexity index is 1250. The van der Waals surface area contributed by atoms with Gasteiger partial charge in [-0.25, -0.2) is 9.67 Å². The quantitative estimate of drug-likeness (QED) is 0.366. The van der Waals surface area contributed by atoms with Crippen molar-refractivity contribution < 1.29 is 14.8 Å². The van der Waals surface area contributed by atoms with E-state index in [1.165, 1.54) is 35.3 Å². The first-order valence-electron chi connectivity index (χ1n) is 9.07. The highest BCUT2D eigenvalue weighted by molar-refractivity contribution is 5.74. The molecule has 152 valence electrons. The molecule has 30 heavy (non-hydrogen) atoms. The van der Waals surface area contributed by atoms with Crippen LogP contribution in [0.25, 0.3) is 16.7 Å². The van der Waals surface area contributed by atoms with Crippen molar-refractivity contribution in [3.8, 4) is 11.4 Å². The number of ether oxygens (including phenoxy) is 1. The lowest BCUT2D eigenvalue weighted by atomic mass is 10.3. The molecule has 0 unspecified atom stereocenters. The fourth-order valence-corrected chi connectivity index (χ4v) is 3.00. The SMILES string of the molecule is O=c1c2cnn(-c3ccccc3)c2ncn1C[C@@H](O)COc1cccc([N+](=O)[O-])c1. The summed E-state index contributed by atoms with van der Waals surface area (Å²) in [5.74, 6) is 0.258. The molecule has 0 amide bonds. The third-order valence-electron chi connectivity index (χ3n) is 4.43. The lowest BCUT2D eigenvalue weighted by Crippen LogP contribution is -2.30. The zero-order valence-electron chi connectivity index (χ0n) is 15.7. The molecule has 0 spiro atoms. The first-order chi connectivity index (χ1) is 14.5. The van der Waals surface area contributed by atoms with Crippen LogP contribution in [0.4, 0.5) is 5.69 Å². The third kappa shape index (κ3) is 3.89. The largest absolute Gasteiger partial charge is 0.491 e. The fraction of sp³-hybridized carbons (Fsp3) is 0.150. The van der Waals surface area contributed by atoms with Crippen molar-refractivity contribution in [3.63, 3.8) is 0 Å². The molecule has 1 atom stereocenters. The number of aliphatic hydroxyl groups excluding tert-OH is 1. The Labute approximate surface area is 169 Å². The van der Waals surface area contributed by atoms with E-state index in [9.17, 15) is 20.0 Å². The van der Waals surface area contributed by atoms with Crippen LogP contribution in [0.15, 0.2) is 71.9 Å². The summed E-state index contributed by atoms with van der Waals surface area (Å²) >= 11 is 0. The molecular formula is C20H17N5O5. The van der Waals surface area contributed by atoms with Crippen LogP contribution < -0.4 is 10.3 Å². The van der Waals surface area contributed by atoms with Crippen LogP contribution in [-0.2, 0) is 6.54 Å². The van der Waals surface area contributed by atoms with Gasteiger partial charge in [0.2, 0.25) is 0 Å². The Kier molecular flexibility index (Phi) is 5.22. The van der Waals surface area contributed by atoms with Crippen LogP contribution in [0.5, 0.6) is 5.75 Å². The molecular weight excluding hydrogens is 390 g/mol. The Morgan fingerprint density at radius 1 is 1.17 bits per heavy atom. The lowest BCUT2D eigenvalue weighted by molar-refractivity contribution is -0.384. The standard InChI is InChI=1S/C20H17N5O5/c26-16(12-30-17-8-4-7-15(9-17)25(28)29)11-23-13-21-19-18(20(23)27)10-22-24(19)14-5-2-1-3-6-14/h1-10,13,16,26H,11-12H2/t16-/m1/s1. The van der Waals surface area contributed by atoms with Crippen LogP contribution in [0.2, 0.25) is 0 Å². The number of fused-ring (bicyclic) bond motifs is 1. The van der Waals surface area contributed by atoms with Crippen LogP contribution in [0.3, 0.4) is 0 Å². The molecule has 10 heteroatoms. The van der Waals surface area contributed by atoms with Crippen molar-refractivity contribution >= 4 is 16.7 Å². The van der Waals surface area contributed by atoms with Crippen LogP contribution in [-0.4, -0.2) is 42.1 Å². The van der Waals surface area contributed by atoms with Gasteiger partial charge in [0.15, 0.2) is 5.65 Å². The van der Waals surface area contributed by atoms with Crippen LogP contribution in [0, 0.1) is 10.1 Å². The molecule has 4 aromatic rings. The highest BCUT2D eigenvalue weighted by atomic mass is 16.6. The van der Waals surface area contributed by atoms with Gasteiger partial charge in [0.1, 0.15) is 30.2 Å². The van der Waals surface area contributed by atoms with E-state index in [2.05, 4.69) is 10.1 Å². The first-order valence-corrected chi connectivity index (χ1v) is 9.07. The number of hydrogen-bond acceptors (Lipinski definition) is 7. The van der Waals surface area contributed by atoms with Gasteiger partial charge in [-0.05, 0) is 18.2 Å². The van der Waals surface area contributed by atoms with E-state index >= 15 is 0 Å². The van der Waals surface area contributed by atoms with Gasteiger partial charge in [0, 0.05) is 6.07 Å². The minimum Gasteiger partial charge on any atom is -0.491 e. The van der Waals surface area contributed by atoms with Crippen LogP contribution >= 0.6 is 0 Å². The number of aliphatic hydroxyl groups is 1. The predicted molar refractivity (Wildman–Crippen MR) is 108 cm³/mol. The second-order valence-corrected chi connectivity index (χ2v) is 6.55. The fourth-order valence-electron chi connectivity index (χ4n) is 3.00. The van der Waals surface area contributed by atoms with Crippen molar-refractivity contribution in [2.75, 3.05) is 6.61 Å². The molecule has 2 aromatic carbocycles. The van der Waals surface area contributed by atoms with Crippen molar-refractivity contribution in [1.82, 2.24) is 19.3 Å². The van der Waals surface area contributed by atoms with Gasteiger partial charge < -0.3 is 9.84 Å². The van der Waals surface area contributed by atoms with E-state index in [4.69, 9.17) is 4.74 Å². The highest BCUT2D eigenvalue weighted by Gasteiger charge is 2.14. The van der Waals surface area contributed by atoms with Gasteiger partial charge in [-0.15, -0.1) is 0 Å². The molecule has 0 saturated carbocycles. The third-order valence-corrected chi connectivity index (χ3v) is 4.43. The zero-order chi connectivity index (χ0) is 21.1. The van der Waals surface area contributed by atoms with Gasteiger partial charge in [-0.2, -0.15) is 5.10 Å². The highest BCUT2D eigenvalue weighted by Crippen LogP contribution is 2.19. The molecule has 0 saturated heterocycles. The van der Waals surface area contributed by atoms with E-state index < -0.39 is 11.0 Å². The minimum absolute atomic E-state index is 0.0484. The number of nitro benzene ring substituents is 1. The molecule has 0 aliphatic rings.